The zero-order chi connectivity index (χ0) is 13.9. The first-order chi connectivity index (χ1) is 8.31. The Kier molecular flexibility index (Phi) is 4.28. The van der Waals surface area contributed by atoms with Crippen LogP contribution in [-0.2, 0) is 17.7 Å². The van der Waals surface area contributed by atoms with Gasteiger partial charge < -0.3 is 9.84 Å². The summed E-state index contributed by atoms with van der Waals surface area (Å²) in [6.07, 6.45) is -7.07. The number of ether oxygens (including phenoxy) is 1. The summed E-state index contributed by atoms with van der Waals surface area (Å²) in [5.74, 6) is -0.778. The number of nitrogens with zero attached hydrogens (tertiary/aromatic N) is 3. The number of hydrogen-bond donors (Lipinski definition) is 1. The summed E-state index contributed by atoms with van der Waals surface area (Å²) in [6.45, 7) is 0.818. The van der Waals surface area contributed by atoms with E-state index in [-0.39, 0.29) is 17.8 Å². The molecule has 0 fully saturated rings. The van der Waals surface area contributed by atoms with Crippen LogP contribution in [0.5, 0.6) is 0 Å². The third kappa shape index (κ3) is 2.97. The minimum atomic E-state index is -4.75. The van der Waals surface area contributed by atoms with E-state index in [1.54, 1.807) is 6.92 Å². The molecule has 0 aliphatic heterocycles. The number of aliphatic hydroxyl groups is 1. The topological polar surface area (TPSA) is 77.2 Å². The van der Waals surface area contributed by atoms with Crippen molar-refractivity contribution in [3.8, 4) is 0 Å². The lowest BCUT2D eigenvalue weighted by atomic mass is 10.2. The van der Waals surface area contributed by atoms with Crippen LogP contribution < -0.4 is 0 Å². The number of aliphatic hydroxyl groups excluding tert-OH is 1. The van der Waals surface area contributed by atoms with Gasteiger partial charge in [-0.05, 0) is 6.42 Å². The number of alkyl halides is 3. The molecule has 9 heteroatoms. The maximum Gasteiger partial charge on any atom is 0.416 e. The molecule has 1 heterocycles. The minimum Gasteiger partial charge on any atom is -0.464 e. The molecule has 1 atom stereocenters. The van der Waals surface area contributed by atoms with E-state index in [1.807, 2.05) is 0 Å². The van der Waals surface area contributed by atoms with Crippen molar-refractivity contribution in [1.29, 1.82) is 0 Å². The van der Waals surface area contributed by atoms with E-state index in [0.29, 0.717) is 0 Å². The van der Waals surface area contributed by atoms with E-state index < -0.39 is 24.8 Å². The maximum absolute atomic E-state index is 12.2. The van der Waals surface area contributed by atoms with Crippen LogP contribution in [0.15, 0.2) is 0 Å². The van der Waals surface area contributed by atoms with Crippen LogP contribution in [0.3, 0.4) is 0 Å². The number of carbonyl (C=O) groups is 1. The van der Waals surface area contributed by atoms with Gasteiger partial charge in [-0.25, -0.2) is 9.48 Å². The Balaban J connectivity index is 2.98. The molecule has 1 rings (SSSR count). The van der Waals surface area contributed by atoms with E-state index in [0.717, 1.165) is 11.8 Å². The average Bonchev–Trinajstić information content (AvgIpc) is 2.69. The second-order valence-corrected chi connectivity index (χ2v) is 3.47. The number of rotatable bonds is 4. The first-order valence-electron chi connectivity index (χ1n) is 5.06. The van der Waals surface area contributed by atoms with Gasteiger partial charge >= 0.3 is 12.1 Å². The van der Waals surface area contributed by atoms with Crippen molar-refractivity contribution in [3.63, 3.8) is 0 Å². The second-order valence-electron chi connectivity index (χ2n) is 3.47. The molecule has 1 aromatic heterocycles. The molecule has 18 heavy (non-hydrogen) atoms. The van der Waals surface area contributed by atoms with E-state index >= 15 is 0 Å². The quantitative estimate of drug-likeness (QED) is 0.806. The Morgan fingerprint density at radius 2 is 2.17 bits per heavy atom. The Labute approximate surface area is 100 Å². The van der Waals surface area contributed by atoms with E-state index in [9.17, 15) is 18.0 Å². The highest BCUT2D eigenvalue weighted by Crippen LogP contribution is 2.21. The highest BCUT2D eigenvalue weighted by Gasteiger charge is 2.39. The summed E-state index contributed by atoms with van der Waals surface area (Å²) in [4.78, 5) is 11.3. The van der Waals surface area contributed by atoms with Crippen LogP contribution in [0.4, 0.5) is 13.2 Å². The Morgan fingerprint density at radius 1 is 1.56 bits per heavy atom. The molecule has 0 saturated carbocycles. The lowest BCUT2D eigenvalue weighted by molar-refractivity contribution is -0.208. The van der Waals surface area contributed by atoms with Crippen molar-refractivity contribution in [1.82, 2.24) is 15.0 Å². The molecule has 0 saturated heterocycles. The summed E-state index contributed by atoms with van der Waals surface area (Å²) in [5.41, 5.74) is 0.0412. The molecule has 0 radical (unpaired) electrons. The van der Waals surface area contributed by atoms with Gasteiger partial charge in [0.15, 0.2) is 11.8 Å². The Morgan fingerprint density at radius 3 is 2.61 bits per heavy atom. The van der Waals surface area contributed by atoms with Crippen molar-refractivity contribution in [2.24, 2.45) is 0 Å². The van der Waals surface area contributed by atoms with Gasteiger partial charge in [-0.1, -0.05) is 12.1 Å². The van der Waals surface area contributed by atoms with Gasteiger partial charge in [0.1, 0.15) is 0 Å². The lowest BCUT2D eigenvalue weighted by Crippen LogP contribution is -2.33. The van der Waals surface area contributed by atoms with Gasteiger partial charge in [0, 0.05) is 0 Å². The average molecular weight is 267 g/mol. The summed E-state index contributed by atoms with van der Waals surface area (Å²) in [7, 11) is 1.13. The summed E-state index contributed by atoms with van der Waals surface area (Å²) in [6, 6.07) is 0. The lowest BCUT2D eigenvalue weighted by Gasteiger charge is -2.15. The van der Waals surface area contributed by atoms with Gasteiger partial charge in [-0.2, -0.15) is 13.2 Å². The van der Waals surface area contributed by atoms with Crippen molar-refractivity contribution in [3.05, 3.63) is 11.4 Å². The molecule has 1 aromatic rings. The first-order valence-corrected chi connectivity index (χ1v) is 5.06. The van der Waals surface area contributed by atoms with Gasteiger partial charge in [0.05, 0.1) is 19.3 Å². The van der Waals surface area contributed by atoms with Crippen molar-refractivity contribution < 1.29 is 27.8 Å². The van der Waals surface area contributed by atoms with E-state index in [4.69, 9.17) is 5.11 Å². The summed E-state index contributed by atoms with van der Waals surface area (Å²) >= 11 is 0. The van der Waals surface area contributed by atoms with Crippen LogP contribution in [-0.4, -0.2) is 45.5 Å². The number of aromatic nitrogens is 3. The number of hydrogen-bond acceptors (Lipinski definition) is 5. The second kappa shape index (κ2) is 5.34. The molecular weight excluding hydrogens is 255 g/mol. The van der Waals surface area contributed by atoms with Crippen LogP contribution >= 0.6 is 0 Å². The number of halogens is 3. The molecule has 0 aliphatic rings. The highest BCUT2D eigenvalue weighted by molar-refractivity contribution is 5.88. The van der Waals surface area contributed by atoms with Gasteiger partial charge in [-0.3, -0.25) is 0 Å². The van der Waals surface area contributed by atoms with Gasteiger partial charge in [-0.15, -0.1) is 5.10 Å². The van der Waals surface area contributed by atoms with Gasteiger partial charge in [0.25, 0.3) is 0 Å². The highest BCUT2D eigenvalue weighted by atomic mass is 19.4. The van der Waals surface area contributed by atoms with Crippen LogP contribution in [0.1, 0.15) is 23.1 Å². The van der Waals surface area contributed by atoms with Gasteiger partial charge in [0.2, 0.25) is 0 Å². The predicted molar refractivity (Wildman–Crippen MR) is 52.8 cm³/mol. The minimum absolute atomic E-state index is 0.144. The maximum atomic E-state index is 12.2. The van der Waals surface area contributed by atoms with Crippen molar-refractivity contribution in [2.45, 2.75) is 32.2 Å². The fourth-order valence-corrected chi connectivity index (χ4v) is 1.35. The van der Waals surface area contributed by atoms with E-state index in [2.05, 4.69) is 15.0 Å². The van der Waals surface area contributed by atoms with Crippen molar-refractivity contribution >= 4 is 5.97 Å². The number of methoxy groups -OCH3 is 1. The normalized spacial score (nSPS) is 13.4. The molecule has 102 valence electrons. The Bertz CT molecular complexity index is 430. The zero-order valence-corrected chi connectivity index (χ0v) is 9.73. The predicted octanol–water partition coefficient (Wildman–Crippen LogP) is 0.550. The standard InChI is InChI=1S/C9H12F3N3O3/c1-3-5-7(8(17)18-2)13-14-15(5)4-6(16)9(10,11)12/h6,16H,3-4H2,1-2H3. The molecule has 1 N–H and O–H groups in total. The fraction of sp³-hybridized carbons (Fsp3) is 0.667. The summed E-state index contributed by atoms with van der Waals surface area (Å²) in [5, 5.41) is 15.8. The van der Waals surface area contributed by atoms with Crippen LogP contribution in [0.2, 0.25) is 0 Å². The third-order valence-electron chi connectivity index (χ3n) is 2.27. The number of esters is 1. The molecule has 0 aliphatic carbocycles. The van der Waals surface area contributed by atoms with E-state index in [1.165, 1.54) is 0 Å². The first kappa shape index (κ1) is 14.4. The Hall–Kier alpha value is -1.64. The zero-order valence-electron chi connectivity index (χ0n) is 9.73. The molecule has 0 spiro atoms. The molecule has 1 unspecified atom stereocenters. The number of carbonyl (C=O) groups excluding carboxylic acids is 1. The molecule has 0 amide bonds. The summed E-state index contributed by atoms with van der Waals surface area (Å²) < 4.78 is 41.9. The SMILES string of the molecule is CCc1c(C(=O)OC)nnn1CC(O)C(F)(F)F. The molecule has 0 bridgehead atoms. The third-order valence-corrected chi connectivity index (χ3v) is 2.27. The molecule has 0 aromatic carbocycles. The monoisotopic (exact) mass is 267 g/mol. The fourth-order valence-electron chi connectivity index (χ4n) is 1.35. The molecular formula is C9H12F3N3O3. The van der Waals surface area contributed by atoms with Crippen LogP contribution in [0.25, 0.3) is 0 Å². The molecule has 6 nitrogen and oxygen atoms in total. The van der Waals surface area contributed by atoms with Crippen LogP contribution in [0, 0.1) is 0 Å². The smallest absolute Gasteiger partial charge is 0.416 e. The van der Waals surface area contributed by atoms with Crippen molar-refractivity contribution in [2.75, 3.05) is 7.11 Å². The largest absolute Gasteiger partial charge is 0.464 e.